The molecule has 0 aliphatic rings. The van der Waals surface area contributed by atoms with Crippen molar-refractivity contribution < 1.29 is 9.53 Å². The Hall–Kier alpha value is -3.10. The zero-order chi connectivity index (χ0) is 17.8. The fourth-order valence-corrected chi connectivity index (χ4v) is 2.77. The van der Waals surface area contributed by atoms with Gasteiger partial charge in [-0.15, -0.1) is 0 Å². The molecule has 1 aromatic heterocycles. The van der Waals surface area contributed by atoms with E-state index in [2.05, 4.69) is 11.2 Å². The SMILES string of the molecule is Cc1nn(-c2ccccc2)c(Cl)c1C(=O)OCc1cccc(C#N)c1. The molecule has 0 unspecified atom stereocenters. The molecule has 1 heterocycles. The summed E-state index contributed by atoms with van der Waals surface area (Å²) >= 11 is 6.35. The minimum atomic E-state index is -0.549. The molecule has 0 N–H and O–H groups in total. The number of carbonyl (C=O) groups excluding carboxylic acids is 1. The summed E-state index contributed by atoms with van der Waals surface area (Å²) in [5, 5.41) is 13.4. The number of aromatic nitrogens is 2. The summed E-state index contributed by atoms with van der Waals surface area (Å²) in [5.74, 6) is -0.549. The fourth-order valence-electron chi connectivity index (χ4n) is 2.42. The molecule has 3 aromatic rings. The van der Waals surface area contributed by atoms with Crippen molar-refractivity contribution in [2.75, 3.05) is 0 Å². The molecule has 2 aromatic carbocycles. The summed E-state index contributed by atoms with van der Waals surface area (Å²) in [7, 11) is 0. The molecular formula is C19H14ClN3O2. The molecule has 0 spiro atoms. The average Bonchev–Trinajstić information content (AvgIpc) is 2.95. The lowest BCUT2D eigenvalue weighted by atomic mass is 10.1. The van der Waals surface area contributed by atoms with Gasteiger partial charge in [-0.1, -0.05) is 41.9 Å². The summed E-state index contributed by atoms with van der Waals surface area (Å²) in [5.41, 5.74) is 2.74. The topological polar surface area (TPSA) is 67.9 Å². The molecule has 0 aliphatic carbocycles. The maximum absolute atomic E-state index is 12.4. The van der Waals surface area contributed by atoms with Gasteiger partial charge in [0.1, 0.15) is 17.3 Å². The first-order valence-electron chi connectivity index (χ1n) is 7.57. The predicted molar refractivity (Wildman–Crippen MR) is 93.6 cm³/mol. The Kier molecular flexibility index (Phi) is 4.82. The monoisotopic (exact) mass is 351 g/mol. The van der Waals surface area contributed by atoms with E-state index in [-0.39, 0.29) is 17.3 Å². The highest BCUT2D eigenvalue weighted by molar-refractivity contribution is 6.33. The fraction of sp³-hybridized carbons (Fsp3) is 0.105. The first-order valence-corrected chi connectivity index (χ1v) is 7.94. The highest BCUT2D eigenvalue weighted by Crippen LogP contribution is 2.24. The van der Waals surface area contributed by atoms with Crippen LogP contribution in [-0.4, -0.2) is 15.7 Å². The zero-order valence-corrected chi connectivity index (χ0v) is 14.2. The van der Waals surface area contributed by atoms with Crippen molar-refractivity contribution in [3.8, 4) is 11.8 Å². The molecule has 3 rings (SSSR count). The first kappa shape index (κ1) is 16.7. The molecule has 0 radical (unpaired) electrons. The summed E-state index contributed by atoms with van der Waals surface area (Å²) in [6, 6.07) is 18.3. The average molecular weight is 352 g/mol. The molecule has 6 heteroatoms. The Morgan fingerprint density at radius 2 is 2.00 bits per heavy atom. The number of para-hydroxylation sites is 1. The Morgan fingerprint density at radius 3 is 2.72 bits per heavy atom. The van der Waals surface area contributed by atoms with E-state index in [0.717, 1.165) is 11.3 Å². The van der Waals surface area contributed by atoms with Gasteiger partial charge in [-0.25, -0.2) is 9.48 Å². The number of aryl methyl sites for hydroxylation is 1. The quantitative estimate of drug-likeness (QED) is 0.665. The summed E-state index contributed by atoms with van der Waals surface area (Å²) in [6.45, 7) is 1.76. The van der Waals surface area contributed by atoms with Crippen LogP contribution in [0.4, 0.5) is 0 Å². The van der Waals surface area contributed by atoms with Crippen molar-refractivity contribution in [2.24, 2.45) is 0 Å². The Bertz CT molecular complexity index is 959. The van der Waals surface area contributed by atoms with Crippen molar-refractivity contribution in [1.82, 2.24) is 9.78 Å². The lowest BCUT2D eigenvalue weighted by Crippen LogP contribution is -2.07. The predicted octanol–water partition coefficient (Wildman–Crippen LogP) is 4.06. The third-order valence-electron chi connectivity index (χ3n) is 3.63. The van der Waals surface area contributed by atoms with Gasteiger partial charge in [-0.05, 0) is 36.8 Å². The van der Waals surface area contributed by atoms with Crippen LogP contribution in [-0.2, 0) is 11.3 Å². The second-order valence-electron chi connectivity index (χ2n) is 5.39. The molecule has 0 aliphatic heterocycles. The second kappa shape index (κ2) is 7.20. The van der Waals surface area contributed by atoms with E-state index >= 15 is 0 Å². The van der Waals surface area contributed by atoms with E-state index in [1.165, 1.54) is 4.68 Å². The molecule has 0 atom stereocenters. The molecule has 0 saturated heterocycles. The highest BCUT2D eigenvalue weighted by atomic mass is 35.5. The summed E-state index contributed by atoms with van der Waals surface area (Å²) in [4.78, 5) is 12.4. The van der Waals surface area contributed by atoms with E-state index in [1.807, 2.05) is 30.3 Å². The van der Waals surface area contributed by atoms with Crippen LogP contribution < -0.4 is 0 Å². The van der Waals surface area contributed by atoms with Gasteiger partial charge in [-0.3, -0.25) is 0 Å². The maximum atomic E-state index is 12.4. The number of esters is 1. The Balaban J connectivity index is 1.81. The third kappa shape index (κ3) is 3.54. The van der Waals surface area contributed by atoms with E-state index < -0.39 is 5.97 Å². The molecule has 5 nitrogen and oxygen atoms in total. The molecule has 124 valence electrons. The zero-order valence-electron chi connectivity index (χ0n) is 13.4. The minimum absolute atomic E-state index is 0.0562. The number of carbonyl (C=O) groups is 1. The number of nitrogens with zero attached hydrogens (tertiary/aromatic N) is 3. The van der Waals surface area contributed by atoms with Crippen LogP contribution in [0.3, 0.4) is 0 Å². The summed E-state index contributed by atoms with van der Waals surface area (Å²) in [6.07, 6.45) is 0. The van der Waals surface area contributed by atoms with Gasteiger partial charge in [0.25, 0.3) is 0 Å². The number of rotatable bonds is 4. The largest absolute Gasteiger partial charge is 0.457 e. The second-order valence-corrected chi connectivity index (χ2v) is 5.74. The van der Waals surface area contributed by atoms with Gasteiger partial charge >= 0.3 is 5.97 Å². The van der Waals surface area contributed by atoms with Crippen LogP contribution in [0.5, 0.6) is 0 Å². The Labute approximate surface area is 150 Å². The van der Waals surface area contributed by atoms with Gasteiger partial charge in [-0.2, -0.15) is 10.4 Å². The van der Waals surface area contributed by atoms with Gasteiger partial charge in [0.05, 0.1) is 23.0 Å². The van der Waals surface area contributed by atoms with Crippen LogP contribution in [0.15, 0.2) is 54.6 Å². The van der Waals surface area contributed by atoms with Crippen LogP contribution in [0.25, 0.3) is 5.69 Å². The van der Waals surface area contributed by atoms with Crippen molar-refractivity contribution in [3.63, 3.8) is 0 Å². The van der Waals surface area contributed by atoms with Crippen molar-refractivity contribution in [3.05, 3.63) is 82.1 Å². The van der Waals surface area contributed by atoms with E-state index in [4.69, 9.17) is 21.6 Å². The van der Waals surface area contributed by atoms with Crippen LogP contribution in [0.1, 0.15) is 27.2 Å². The molecule has 0 saturated carbocycles. The Morgan fingerprint density at radius 1 is 1.24 bits per heavy atom. The lowest BCUT2D eigenvalue weighted by molar-refractivity contribution is 0.0472. The lowest BCUT2D eigenvalue weighted by Gasteiger charge is -2.06. The van der Waals surface area contributed by atoms with E-state index in [9.17, 15) is 4.79 Å². The van der Waals surface area contributed by atoms with Gasteiger partial charge in [0.15, 0.2) is 0 Å². The van der Waals surface area contributed by atoms with Gasteiger partial charge in [0, 0.05) is 0 Å². The van der Waals surface area contributed by atoms with E-state index in [0.29, 0.717) is 11.3 Å². The molecule has 25 heavy (non-hydrogen) atoms. The van der Waals surface area contributed by atoms with Crippen molar-refractivity contribution in [1.29, 1.82) is 5.26 Å². The number of hydrogen-bond donors (Lipinski definition) is 0. The van der Waals surface area contributed by atoms with Gasteiger partial charge in [0.2, 0.25) is 0 Å². The van der Waals surface area contributed by atoms with E-state index in [1.54, 1.807) is 31.2 Å². The minimum Gasteiger partial charge on any atom is -0.457 e. The third-order valence-corrected chi connectivity index (χ3v) is 3.98. The molecule has 0 bridgehead atoms. The first-order chi connectivity index (χ1) is 12.1. The number of nitriles is 1. The number of hydrogen-bond acceptors (Lipinski definition) is 4. The van der Waals surface area contributed by atoms with Crippen molar-refractivity contribution >= 4 is 17.6 Å². The highest BCUT2D eigenvalue weighted by Gasteiger charge is 2.22. The number of benzene rings is 2. The van der Waals surface area contributed by atoms with Crippen molar-refractivity contribution in [2.45, 2.75) is 13.5 Å². The number of ether oxygens (including phenoxy) is 1. The number of halogens is 1. The van der Waals surface area contributed by atoms with Crippen LogP contribution in [0, 0.1) is 18.3 Å². The van der Waals surface area contributed by atoms with Gasteiger partial charge < -0.3 is 4.74 Å². The van der Waals surface area contributed by atoms with Crippen LogP contribution >= 0.6 is 11.6 Å². The smallest absolute Gasteiger partial charge is 0.343 e. The maximum Gasteiger partial charge on any atom is 0.343 e. The molecular weight excluding hydrogens is 338 g/mol. The standard InChI is InChI=1S/C19H14ClN3O2/c1-13-17(18(20)23(22-13)16-8-3-2-4-9-16)19(24)25-12-15-7-5-6-14(10-15)11-21/h2-10H,12H2,1H3. The normalized spacial score (nSPS) is 10.3. The summed E-state index contributed by atoms with van der Waals surface area (Å²) < 4.78 is 6.84. The molecule has 0 fully saturated rings. The molecule has 0 amide bonds. The van der Waals surface area contributed by atoms with Crippen LogP contribution in [0.2, 0.25) is 5.15 Å².